The van der Waals surface area contributed by atoms with Crippen LogP contribution in [0.4, 0.5) is 5.69 Å². The summed E-state index contributed by atoms with van der Waals surface area (Å²) in [5.41, 5.74) is 6.10. The zero-order chi connectivity index (χ0) is 18.1. The molecule has 132 valence electrons. The number of likely N-dealkylation sites (tertiary alicyclic amines) is 1. The van der Waals surface area contributed by atoms with Gasteiger partial charge in [-0.1, -0.05) is 43.3 Å². The monoisotopic (exact) mass is 345 g/mol. The van der Waals surface area contributed by atoms with Gasteiger partial charge < -0.3 is 9.80 Å². The molecule has 0 aromatic heterocycles. The summed E-state index contributed by atoms with van der Waals surface area (Å²) in [5.74, 6) is 0.105. The second-order valence-electron chi connectivity index (χ2n) is 7.13. The number of carbonyl (C=O) groups is 1. The van der Waals surface area contributed by atoms with Crippen LogP contribution in [-0.4, -0.2) is 30.4 Å². The molecule has 2 aliphatic heterocycles. The molecule has 0 saturated carbocycles. The highest BCUT2D eigenvalue weighted by atomic mass is 16.2. The Labute approximate surface area is 154 Å². The van der Waals surface area contributed by atoms with Gasteiger partial charge in [-0.15, -0.1) is 0 Å². The normalized spacial score (nSPS) is 18.7. The third-order valence-electron chi connectivity index (χ3n) is 5.62. The van der Waals surface area contributed by atoms with Crippen molar-refractivity contribution in [1.82, 2.24) is 4.90 Å². The molecule has 4 rings (SSSR count). The molecular formula is C22H23N3O. The lowest BCUT2D eigenvalue weighted by Gasteiger charge is -2.21. The van der Waals surface area contributed by atoms with Gasteiger partial charge in [-0.3, -0.25) is 4.79 Å². The summed E-state index contributed by atoms with van der Waals surface area (Å²) in [4.78, 5) is 16.6. The zero-order valence-electron chi connectivity index (χ0n) is 15.1. The van der Waals surface area contributed by atoms with Gasteiger partial charge in [-0.25, -0.2) is 0 Å². The maximum Gasteiger partial charge on any atom is 0.231 e. The lowest BCUT2D eigenvalue weighted by molar-refractivity contribution is -0.121. The summed E-state index contributed by atoms with van der Waals surface area (Å²) >= 11 is 0. The van der Waals surface area contributed by atoms with Crippen LogP contribution in [0.1, 0.15) is 24.5 Å². The highest BCUT2D eigenvalue weighted by molar-refractivity contribution is 5.98. The molecule has 4 nitrogen and oxygen atoms in total. The van der Waals surface area contributed by atoms with E-state index in [0.29, 0.717) is 13.1 Å². The Morgan fingerprint density at radius 3 is 2.85 bits per heavy atom. The molecule has 0 N–H and O–H groups in total. The lowest BCUT2D eigenvalue weighted by atomic mass is 9.96. The molecule has 0 bridgehead atoms. The summed E-state index contributed by atoms with van der Waals surface area (Å²) in [6, 6.07) is 14.9. The fourth-order valence-corrected chi connectivity index (χ4v) is 4.17. The van der Waals surface area contributed by atoms with Gasteiger partial charge in [0.25, 0.3) is 0 Å². The number of amides is 1. The molecule has 0 aliphatic carbocycles. The van der Waals surface area contributed by atoms with E-state index in [9.17, 15) is 4.79 Å². The van der Waals surface area contributed by atoms with Crippen LogP contribution in [0.3, 0.4) is 0 Å². The summed E-state index contributed by atoms with van der Waals surface area (Å²) in [7, 11) is 0. The Morgan fingerprint density at radius 2 is 2.08 bits per heavy atom. The van der Waals surface area contributed by atoms with E-state index in [-0.39, 0.29) is 11.8 Å². The Balaban J connectivity index is 1.64. The number of benzene rings is 2. The average molecular weight is 345 g/mol. The SMILES string of the molecule is CCc1cccc(-c2cccc3c2CCN3C(=O)[C@@H]2CCN(C#N)C2)c1. The smallest absolute Gasteiger partial charge is 0.231 e. The Hall–Kier alpha value is -2.80. The van der Waals surface area contributed by atoms with Crippen molar-refractivity contribution in [2.75, 3.05) is 24.5 Å². The second kappa shape index (κ2) is 6.84. The number of aryl methyl sites for hydroxylation is 1. The van der Waals surface area contributed by atoms with E-state index < -0.39 is 0 Å². The van der Waals surface area contributed by atoms with Gasteiger partial charge >= 0.3 is 0 Å². The molecule has 4 heteroatoms. The number of fused-ring (bicyclic) bond motifs is 1. The number of nitriles is 1. The minimum Gasteiger partial charge on any atom is -0.311 e. The fraction of sp³-hybridized carbons (Fsp3) is 0.364. The zero-order valence-corrected chi connectivity index (χ0v) is 15.1. The first-order chi connectivity index (χ1) is 12.7. The predicted octanol–water partition coefficient (Wildman–Crippen LogP) is 3.61. The molecule has 2 aliphatic rings. The topological polar surface area (TPSA) is 47.3 Å². The van der Waals surface area contributed by atoms with Crippen molar-refractivity contribution in [3.63, 3.8) is 0 Å². The van der Waals surface area contributed by atoms with Gasteiger partial charge in [0.2, 0.25) is 5.91 Å². The molecule has 0 spiro atoms. The van der Waals surface area contributed by atoms with Crippen molar-refractivity contribution >= 4 is 11.6 Å². The van der Waals surface area contributed by atoms with Crippen LogP contribution in [-0.2, 0) is 17.6 Å². The summed E-state index contributed by atoms with van der Waals surface area (Å²) in [6.07, 6.45) is 4.85. The summed E-state index contributed by atoms with van der Waals surface area (Å²) in [5, 5.41) is 9.04. The van der Waals surface area contributed by atoms with E-state index >= 15 is 0 Å². The molecule has 2 aromatic rings. The highest BCUT2D eigenvalue weighted by Gasteiger charge is 2.35. The first-order valence-corrected chi connectivity index (χ1v) is 9.38. The quantitative estimate of drug-likeness (QED) is 0.799. The highest BCUT2D eigenvalue weighted by Crippen LogP contribution is 2.37. The standard InChI is InChI=1S/C22H23N3O/c1-2-16-5-3-6-17(13-16)19-7-4-8-21-20(19)10-12-25(21)22(26)18-9-11-24(14-18)15-23/h3-8,13,18H,2,9-12,14H2,1H3/t18-/m1/s1. The molecule has 1 amide bonds. The number of rotatable bonds is 3. The molecule has 1 saturated heterocycles. The van der Waals surface area contributed by atoms with Crippen molar-refractivity contribution in [3.05, 3.63) is 53.6 Å². The molecule has 0 radical (unpaired) electrons. The van der Waals surface area contributed by atoms with Crippen LogP contribution in [0.25, 0.3) is 11.1 Å². The molecule has 1 fully saturated rings. The molecule has 0 unspecified atom stereocenters. The van der Waals surface area contributed by atoms with E-state index in [2.05, 4.69) is 55.6 Å². The van der Waals surface area contributed by atoms with E-state index in [0.717, 1.165) is 31.5 Å². The lowest BCUT2D eigenvalue weighted by Crippen LogP contribution is -2.35. The van der Waals surface area contributed by atoms with Gasteiger partial charge in [-0.05, 0) is 47.6 Å². The Morgan fingerprint density at radius 1 is 1.23 bits per heavy atom. The van der Waals surface area contributed by atoms with Gasteiger partial charge in [0, 0.05) is 25.3 Å². The van der Waals surface area contributed by atoms with Crippen LogP contribution in [0.5, 0.6) is 0 Å². The maximum absolute atomic E-state index is 13.0. The van der Waals surface area contributed by atoms with Gasteiger partial charge in [-0.2, -0.15) is 5.26 Å². The Kier molecular flexibility index (Phi) is 4.38. The van der Waals surface area contributed by atoms with Crippen molar-refractivity contribution in [2.24, 2.45) is 5.92 Å². The number of anilines is 1. The second-order valence-corrected chi connectivity index (χ2v) is 7.13. The number of hydrogen-bond donors (Lipinski definition) is 0. The van der Waals surface area contributed by atoms with Crippen LogP contribution < -0.4 is 4.90 Å². The van der Waals surface area contributed by atoms with Gasteiger partial charge in [0.1, 0.15) is 0 Å². The number of carbonyl (C=O) groups excluding carboxylic acids is 1. The van der Waals surface area contributed by atoms with Crippen molar-refractivity contribution in [3.8, 4) is 17.3 Å². The predicted molar refractivity (Wildman–Crippen MR) is 103 cm³/mol. The van der Waals surface area contributed by atoms with Crippen LogP contribution in [0.2, 0.25) is 0 Å². The molecule has 2 aromatic carbocycles. The number of hydrogen-bond acceptors (Lipinski definition) is 3. The largest absolute Gasteiger partial charge is 0.311 e. The third-order valence-corrected chi connectivity index (χ3v) is 5.62. The Bertz CT molecular complexity index is 883. The molecule has 2 heterocycles. The minimum atomic E-state index is -0.0623. The van der Waals surface area contributed by atoms with Gasteiger partial charge in [0.05, 0.1) is 5.92 Å². The van der Waals surface area contributed by atoms with E-state index in [1.165, 1.54) is 22.3 Å². The molecule has 1 atom stereocenters. The van der Waals surface area contributed by atoms with Crippen LogP contribution >= 0.6 is 0 Å². The first kappa shape index (κ1) is 16.7. The maximum atomic E-state index is 13.0. The van der Waals surface area contributed by atoms with E-state index in [1.54, 1.807) is 4.90 Å². The van der Waals surface area contributed by atoms with Crippen LogP contribution in [0.15, 0.2) is 42.5 Å². The number of nitrogens with zero attached hydrogens (tertiary/aromatic N) is 3. The minimum absolute atomic E-state index is 0.0623. The van der Waals surface area contributed by atoms with Crippen LogP contribution in [0, 0.1) is 17.4 Å². The van der Waals surface area contributed by atoms with Crippen molar-refractivity contribution < 1.29 is 4.79 Å². The molecular weight excluding hydrogens is 322 g/mol. The molecule has 26 heavy (non-hydrogen) atoms. The first-order valence-electron chi connectivity index (χ1n) is 9.38. The average Bonchev–Trinajstić information content (AvgIpc) is 3.34. The van der Waals surface area contributed by atoms with Gasteiger partial charge in [0.15, 0.2) is 6.19 Å². The fourth-order valence-electron chi connectivity index (χ4n) is 4.17. The van der Waals surface area contributed by atoms with E-state index in [1.807, 2.05) is 4.90 Å². The van der Waals surface area contributed by atoms with E-state index in [4.69, 9.17) is 5.26 Å². The van der Waals surface area contributed by atoms with Crippen molar-refractivity contribution in [1.29, 1.82) is 5.26 Å². The third kappa shape index (κ3) is 2.84. The summed E-state index contributed by atoms with van der Waals surface area (Å²) in [6.45, 7) is 4.15. The van der Waals surface area contributed by atoms with Crippen molar-refractivity contribution in [2.45, 2.75) is 26.2 Å². The summed E-state index contributed by atoms with van der Waals surface area (Å²) < 4.78 is 0.